The van der Waals surface area contributed by atoms with E-state index in [0.717, 1.165) is 10.5 Å². The lowest BCUT2D eigenvalue weighted by Gasteiger charge is -2.36. The number of rotatable bonds is 8. The zero-order valence-corrected chi connectivity index (χ0v) is 13.7. The maximum Gasteiger partial charge on any atom is 0.146 e. The Morgan fingerprint density at radius 2 is 1.64 bits per heavy atom. The molecule has 0 bridgehead atoms. The van der Waals surface area contributed by atoms with Crippen LogP contribution in [0, 0.1) is 0 Å². The molecule has 0 rings (SSSR count). The highest BCUT2D eigenvalue weighted by Crippen LogP contribution is 2.32. The molecule has 0 aliphatic heterocycles. The van der Waals surface area contributed by atoms with E-state index in [0.29, 0.717) is 4.83 Å². The average Bonchev–Trinajstić information content (AvgIpc) is 2.18. The molecule has 3 heteroatoms. The van der Waals surface area contributed by atoms with Gasteiger partial charge in [0.2, 0.25) is 0 Å². The number of halogens is 1. The first-order valence-corrected chi connectivity index (χ1v) is 7.55. The van der Waals surface area contributed by atoms with Crippen molar-refractivity contribution in [2.45, 2.75) is 69.7 Å². The maximum atomic E-state index is 5.90. The fourth-order valence-corrected chi connectivity index (χ4v) is 3.59. The van der Waals surface area contributed by atoms with Gasteiger partial charge in [-0.15, -0.1) is 0 Å². The van der Waals surface area contributed by atoms with Gasteiger partial charge in [0, 0.05) is 4.83 Å². The van der Waals surface area contributed by atoms with Crippen LogP contribution in [0.2, 0.25) is 0 Å². The first kappa shape index (κ1) is 14.7. The first-order chi connectivity index (χ1) is 6.63. The third-order valence-electron chi connectivity index (χ3n) is 3.04. The highest BCUT2D eigenvalue weighted by molar-refractivity contribution is 9.09. The third-order valence-corrected chi connectivity index (χ3v) is 4.69. The molecule has 0 saturated carbocycles. The highest BCUT2D eigenvalue weighted by Gasteiger charge is 2.32. The second-order valence-electron chi connectivity index (χ2n) is 4.09. The Balaban J connectivity index is 4.27. The van der Waals surface area contributed by atoms with Crippen molar-refractivity contribution < 1.29 is 4.43 Å². The van der Waals surface area contributed by atoms with Crippen LogP contribution >= 0.6 is 15.9 Å². The standard InChI is InChI=1S/C11H25BrOSi/c1-4-6-8-11(13-14,10(3)12)9-7-5-2/h10H,4-9H2,1-3,14H3. The first-order valence-electron chi connectivity index (χ1n) is 5.82. The molecule has 0 aromatic rings. The van der Waals surface area contributed by atoms with Gasteiger partial charge in [0.25, 0.3) is 0 Å². The summed E-state index contributed by atoms with van der Waals surface area (Å²) in [5.74, 6) is 0. The molecule has 0 spiro atoms. The lowest BCUT2D eigenvalue weighted by molar-refractivity contribution is 0.0589. The molecule has 0 aromatic heterocycles. The molecule has 0 amide bonds. The van der Waals surface area contributed by atoms with Gasteiger partial charge < -0.3 is 4.43 Å². The van der Waals surface area contributed by atoms with Crippen LogP contribution in [-0.2, 0) is 4.43 Å². The van der Waals surface area contributed by atoms with E-state index < -0.39 is 0 Å². The maximum absolute atomic E-state index is 5.90. The van der Waals surface area contributed by atoms with E-state index in [-0.39, 0.29) is 5.60 Å². The molecule has 0 aromatic carbocycles. The molecular weight excluding hydrogens is 256 g/mol. The summed E-state index contributed by atoms with van der Waals surface area (Å²) in [5.41, 5.74) is 0.123. The zero-order chi connectivity index (χ0) is 11.0. The normalized spacial score (nSPS) is 14.6. The van der Waals surface area contributed by atoms with E-state index in [4.69, 9.17) is 4.43 Å². The van der Waals surface area contributed by atoms with Gasteiger partial charge in [-0.05, 0) is 19.8 Å². The molecule has 0 radical (unpaired) electrons. The molecule has 0 fully saturated rings. The van der Waals surface area contributed by atoms with Gasteiger partial charge in [-0.2, -0.15) is 0 Å². The summed E-state index contributed by atoms with van der Waals surface area (Å²) >= 11 is 3.72. The Kier molecular flexibility index (Phi) is 8.26. The van der Waals surface area contributed by atoms with Crippen molar-refractivity contribution in [2.24, 2.45) is 0 Å². The molecule has 0 N–H and O–H groups in total. The summed E-state index contributed by atoms with van der Waals surface area (Å²) < 4.78 is 5.90. The van der Waals surface area contributed by atoms with Crippen LogP contribution in [-0.4, -0.2) is 20.9 Å². The molecular formula is C11H25BrOSi. The summed E-state index contributed by atoms with van der Waals surface area (Å²) in [4.78, 5) is 0.477. The lowest BCUT2D eigenvalue weighted by atomic mass is 9.88. The molecule has 0 saturated heterocycles. The van der Waals surface area contributed by atoms with Crippen LogP contribution in [0.5, 0.6) is 0 Å². The fourth-order valence-electron chi connectivity index (χ4n) is 1.84. The molecule has 0 aliphatic carbocycles. The van der Waals surface area contributed by atoms with Crippen LogP contribution in [0.25, 0.3) is 0 Å². The third kappa shape index (κ3) is 4.45. The van der Waals surface area contributed by atoms with Gasteiger partial charge in [0.15, 0.2) is 0 Å². The monoisotopic (exact) mass is 280 g/mol. The summed E-state index contributed by atoms with van der Waals surface area (Å²) in [5, 5.41) is 0. The van der Waals surface area contributed by atoms with Crippen molar-refractivity contribution in [2.75, 3.05) is 0 Å². The predicted molar refractivity (Wildman–Crippen MR) is 71.2 cm³/mol. The number of unbranched alkanes of at least 4 members (excludes halogenated alkanes) is 2. The fraction of sp³-hybridized carbons (Fsp3) is 1.00. The van der Waals surface area contributed by atoms with E-state index in [1.165, 1.54) is 38.5 Å². The Hall–Kier alpha value is 0.657. The van der Waals surface area contributed by atoms with E-state index in [2.05, 4.69) is 36.7 Å². The second-order valence-corrected chi connectivity index (χ2v) is 5.87. The smallest absolute Gasteiger partial charge is 0.146 e. The molecule has 0 aliphatic rings. The van der Waals surface area contributed by atoms with Gasteiger partial charge in [0.05, 0.1) is 5.60 Å². The molecule has 1 nitrogen and oxygen atoms in total. The topological polar surface area (TPSA) is 9.23 Å². The van der Waals surface area contributed by atoms with Gasteiger partial charge in [0.1, 0.15) is 10.5 Å². The van der Waals surface area contributed by atoms with Crippen molar-refractivity contribution in [1.29, 1.82) is 0 Å². The Morgan fingerprint density at radius 1 is 1.21 bits per heavy atom. The van der Waals surface area contributed by atoms with E-state index in [1.54, 1.807) is 0 Å². The van der Waals surface area contributed by atoms with Gasteiger partial charge in [-0.25, -0.2) is 0 Å². The number of hydrogen-bond acceptors (Lipinski definition) is 1. The van der Waals surface area contributed by atoms with Gasteiger partial charge >= 0.3 is 0 Å². The molecule has 0 heterocycles. The van der Waals surface area contributed by atoms with Crippen LogP contribution in [0.3, 0.4) is 0 Å². The van der Waals surface area contributed by atoms with Crippen molar-refractivity contribution in [1.82, 2.24) is 0 Å². The van der Waals surface area contributed by atoms with Crippen molar-refractivity contribution in [3.8, 4) is 0 Å². The number of hydrogen-bond donors (Lipinski definition) is 0. The van der Waals surface area contributed by atoms with Crippen molar-refractivity contribution >= 4 is 26.4 Å². The van der Waals surface area contributed by atoms with Gasteiger partial charge in [-0.1, -0.05) is 55.5 Å². The minimum absolute atomic E-state index is 0.123. The quantitative estimate of drug-likeness (QED) is 0.490. The van der Waals surface area contributed by atoms with Crippen molar-refractivity contribution in [3.63, 3.8) is 0 Å². The highest BCUT2D eigenvalue weighted by atomic mass is 79.9. The Bertz CT molecular complexity index is 131. The molecule has 14 heavy (non-hydrogen) atoms. The average molecular weight is 281 g/mol. The Morgan fingerprint density at radius 3 is 1.86 bits per heavy atom. The molecule has 1 atom stereocenters. The SMILES string of the molecule is CCCCC(CCCC)(O[SiH3])C(C)Br. The second kappa shape index (κ2) is 7.89. The largest absolute Gasteiger partial charge is 0.421 e. The van der Waals surface area contributed by atoms with E-state index in [1.807, 2.05) is 0 Å². The lowest BCUT2D eigenvalue weighted by Crippen LogP contribution is -2.39. The minimum Gasteiger partial charge on any atom is -0.421 e. The molecule has 1 unspecified atom stereocenters. The van der Waals surface area contributed by atoms with E-state index in [9.17, 15) is 0 Å². The van der Waals surface area contributed by atoms with Crippen LogP contribution in [0.1, 0.15) is 59.3 Å². The van der Waals surface area contributed by atoms with Crippen molar-refractivity contribution in [3.05, 3.63) is 0 Å². The van der Waals surface area contributed by atoms with Crippen LogP contribution < -0.4 is 0 Å². The van der Waals surface area contributed by atoms with E-state index >= 15 is 0 Å². The predicted octanol–water partition coefficient (Wildman–Crippen LogP) is 3.19. The Labute approximate surface area is 101 Å². The van der Waals surface area contributed by atoms with Crippen LogP contribution in [0.4, 0.5) is 0 Å². The summed E-state index contributed by atoms with van der Waals surface area (Å²) in [6.07, 6.45) is 7.50. The molecule has 86 valence electrons. The summed E-state index contributed by atoms with van der Waals surface area (Å²) in [7, 11) is 0.848. The summed E-state index contributed by atoms with van der Waals surface area (Å²) in [6.45, 7) is 6.72. The number of alkyl halides is 1. The zero-order valence-electron chi connectivity index (χ0n) is 10.1. The van der Waals surface area contributed by atoms with Crippen LogP contribution in [0.15, 0.2) is 0 Å². The minimum atomic E-state index is 0.123. The van der Waals surface area contributed by atoms with Gasteiger partial charge in [-0.3, -0.25) is 0 Å². The summed E-state index contributed by atoms with van der Waals surface area (Å²) in [6, 6.07) is 0.